The fourth-order valence-corrected chi connectivity index (χ4v) is 4.94. The molecule has 2 aromatic carbocycles. The van der Waals surface area contributed by atoms with Gasteiger partial charge in [0, 0.05) is 45.0 Å². The van der Waals surface area contributed by atoms with Crippen molar-refractivity contribution in [3.63, 3.8) is 0 Å². The molecule has 0 saturated carbocycles. The maximum atomic E-state index is 14.2. The van der Waals surface area contributed by atoms with Crippen LogP contribution in [0.4, 0.5) is 13.6 Å². The van der Waals surface area contributed by atoms with Gasteiger partial charge in [0.1, 0.15) is 11.6 Å². The molecule has 2 heterocycles. The maximum Gasteiger partial charge on any atom is 0.338 e. The summed E-state index contributed by atoms with van der Waals surface area (Å²) in [6.45, 7) is 6.09. The van der Waals surface area contributed by atoms with Crippen molar-refractivity contribution >= 4 is 17.9 Å². The summed E-state index contributed by atoms with van der Waals surface area (Å²) in [6, 6.07) is 10.4. The molecule has 0 aliphatic carbocycles. The molecule has 2 aromatic rings. The van der Waals surface area contributed by atoms with E-state index in [-0.39, 0.29) is 30.2 Å². The molecule has 0 radical (unpaired) electrons. The summed E-state index contributed by atoms with van der Waals surface area (Å²) < 4.78 is 33.7. The smallest absolute Gasteiger partial charge is 0.338 e. The van der Waals surface area contributed by atoms with Crippen molar-refractivity contribution in [1.29, 1.82) is 0 Å². The fourth-order valence-electron chi connectivity index (χ4n) is 4.94. The van der Waals surface area contributed by atoms with Crippen LogP contribution in [0.5, 0.6) is 0 Å². The number of urea groups is 1. The number of ether oxygens (including phenoxy) is 1. The van der Waals surface area contributed by atoms with Gasteiger partial charge < -0.3 is 15.0 Å². The van der Waals surface area contributed by atoms with E-state index in [9.17, 15) is 23.2 Å². The van der Waals surface area contributed by atoms with Crippen LogP contribution in [0.3, 0.4) is 0 Å². The molecule has 1 atom stereocenters. The van der Waals surface area contributed by atoms with Crippen LogP contribution in [0.25, 0.3) is 0 Å². The summed E-state index contributed by atoms with van der Waals surface area (Å²) in [4.78, 5) is 44.5. The van der Waals surface area contributed by atoms with Crippen LogP contribution < -0.4 is 5.32 Å². The van der Waals surface area contributed by atoms with Crippen molar-refractivity contribution in [2.45, 2.75) is 26.3 Å². The second-order valence-corrected chi connectivity index (χ2v) is 9.16. The average Bonchev–Trinajstić information content (AvgIpc) is 3.14. The van der Waals surface area contributed by atoms with Crippen molar-refractivity contribution in [3.8, 4) is 0 Å². The Bertz CT molecular complexity index is 1230. The molecular weight excluding hydrogens is 494 g/mol. The minimum Gasteiger partial charge on any atom is -0.463 e. The monoisotopic (exact) mass is 526 g/mol. The molecule has 8 nitrogen and oxygen atoms in total. The number of nitrogens with one attached hydrogen (secondary N) is 1. The first-order valence-electron chi connectivity index (χ1n) is 12.8. The van der Waals surface area contributed by atoms with Gasteiger partial charge in [0.15, 0.2) is 0 Å². The third-order valence-electron chi connectivity index (χ3n) is 6.79. The molecule has 3 amide bonds. The summed E-state index contributed by atoms with van der Waals surface area (Å²) in [6.07, 6.45) is 0.633. The van der Waals surface area contributed by atoms with Crippen LogP contribution in [-0.2, 0) is 9.53 Å². The molecule has 202 valence electrons. The Morgan fingerprint density at radius 1 is 1.03 bits per heavy atom. The van der Waals surface area contributed by atoms with Crippen molar-refractivity contribution < 1.29 is 27.9 Å². The SMILES string of the molecule is CCOC(=O)C1=C(CN2CCCN(C(=O)c3ccccc3F)CC2)N(CC)C(=O)NC1c1cccc(F)c1. The summed E-state index contributed by atoms with van der Waals surface area (Å²) in [5.41, 5.74) is 1.21. The highest BCUT2D eigenvalue weighted by atomic mass is 19.1. The van der Waals surface area contributed by atoms with Gasteiger partial charge in [0.25, 0.3) is 5.91 Å². The summed E-state index contributed by atoms with van der Waals surface area (Å²) >= 11 is 0. The van der Waals surface area contributed by atoms with Crippen molar-refractivity contribution in [2.75, 3.05) is 45.9 Å². The van der Waals surface area contributed by atoms with Gasteiger partial charge in [-0.2, -0.15) is 0 Å². The zero-order valence-corrected chi connectivity index (χ0v) is 21.6. The molecule has 4 rings (SSSR count). The number of halogens is 2. The summed E-state index contributed by atoms with van der Waals surface area (Å²) in [5, 5.41) is 2.83. The number of carbonyl (C=O) groups excluding carboxylic acids is 3. The van der Waals surface area contributed by atoms with Gasteiger partial charge in [-0.3, -0.25) is 14.6 Å². The second kappa shape index (κ2) is 12.2. The molecule has 0 aromatic heterocycles. The molecule has 38 heavy (non-hydrogen) atoms. The van der Waals surface area contributed by atoms with E-state index < -0.39 is 29.7 Å². The third kappa shape index (κ3) is 5.85. The Hall–Kier alpha value is -3.79. The van der Waals surface area contributed by atoms with Crippen LogP contribution in [0, 0.1) is 11.6 Å². The first kappa shape index (κ1) is 27.3. The van der Waals surface area contributed by atoms with E-state index in [1.807, 2.05) is 6.92 Å². The normalized spacial score (nSPS) is 18.7. The van der Waals surface area contributed by atoms with Gasteiger partial charge in [0.05, 0.1) is 23.8 Å². The van der Waals surface area contributed by atoms with Crippen LogP contribution in [0.2, 0.25) is 0 Å². The van der Waals surface area contributed by atoms with Gasteiger partial charge >= 0.3 is 12.0 Å². The first-order valence-corrected chi connectivity index (χ1v) is 12.8. The largest absolute Gasteiger partial charge is 0.463 e. The number of amides is 3. The molecule has 1 fully saturated rings. The Morgan fingerprint density at radius 2 is 1.82 bits per heavy atom. The predicted molar refractivity (Wildman–Crippen MR) is 137 cm³/mol. The highest BCUT2D eigenvalue weighted by Gasteiger charge is 2.38. The van der Waals surface area contributed by atoms with E-state index in [0.717, 1.165) is 0 Å². The minimum absolute atomic E-state index is 0.0345. The highest BCUT2D eigenvalue weighted by molar-refractivity contribution is 5.95. The van der Waals surface area contributed by atoms with Crippen LogP contribution >= 0.6 is 0 Å². The number of benzene rings is 2. The molecule has 1 N–H and O–H groups in total. The molecule has 10 heteroatoms. The quantitative estimate of drug-likeness (QED) is 0.557. The van der Waals surface area contributed by atoms with Crippen LogP contribution in [-0.4, -0.2) is 78.5 Å². The number of hydrogen-bond donors (Lipinski definition) is 1. The number of likely N-dealkylation sites (N-methyl/N-ethyl adjacent to an activating group) is 1. The summed E-state index contributed by atoms with van der Waals surface area (Å²) in [7, 11) is 0. The molecule has 2 aliphatic rings. The van der Waals surface area contributed by atoms with Crippen molar-refractivity contribution in [3.05, 3.63) is 82.6 Å². The molecule has 0 spiro atoms. The second-order valence-electron chi connectivity index (χ2n) is 9.16. The van der Waals surface area contributed by atoms with E-state index in [1.54, 1.807) is 30.0 Å². The standard InChI is InChI=1S/C28H32F2N4O4/c1-3-34-23(18-32-13-8-14-33(16-15-32)26(35)21-11-5-6-12-22(21)30)24(27(36)38-4-2)25(31-28(34)37)19-9-7-10-20(29)17-19/h5-7,9-12,17,25H,3-4,8,13-16,18H2,1-2H3,(H,31,37). The van der Waals surface area contributed by atoms with Crippen LogP contribution in [0.1, 0.15) is 42.2 Å². The first-order chi connectivity index (χ1) is 18.3. The number of hydrogen-bond acceptors (Lipinski definition) is 5. The van der Waals surface area contributed by atoms with E-state index in [0.29, 0.717) is 50.4 Å². The molecule has 1 saturated heterocycles. The van der Waals surface area contributed by atoms with Crippen molar-refractivity contribution in [2.24, 2.45) is 0 Å². The van der Waals surface area contributed by atoms with Gasteiger partial charge in [-0.25, -0.2) is 18.4 Å². The van der Waals surface area contributed by atoms with Gasteiger partial charge in [0.2, 0.25) is 0 Å². The molecule has 0 bridgehead atoms. The minimum atomic E-state index is -0.874. The lowest BCUT2D eigenvalue weighted by atomic mass is 9.94. The fraction of sp³-hybridized carbons (Fsp3) is 0.393. The van der Waals surface area contributed by atoms with E-state index >= 15 is 0 Å². The molecular formula is C28H32F2N4O4. The zero-order valence-electron chi connectivity index (χ0n) is 21.6. The zero-order chi connectivity index (χ0) is 27.2. The van der Waals surface area contributed by atoms with Crippen LogP contribution in [0.15, 0.2) is 59.8 Å². The number of esters is 1. The number of rotatable bonds is 7. The van der Waals surface area contributed by atoms with Gasteiger partial charge in [-0.15, -0.1) is 0 Å². The lowest BCUT2D eigenvalue weighted by molar-refractivity contribution is -0.139. The predicted octanol–water partition coefficient (Wildman–Crippen LogP) is 3.72. The maximum absolute atomic E-state index is 14.2. The Labute approximate surface area is 220 Å². The lowest BCUT2D eigenvalue weighted by Gasteiger charge is -2.38. The molecule has 1 unspecified atom stereocenters. The third-order valence-corrected chi connectivity index (χ3v) is 6.79. The lowest BCUT2D eigenvalue weighted by Crippen LogP contribution is -2.51. The number of carbonyl (C=O) groups is 3. The Morgan fingerprint density at radius 3 is 2.53 bits per heavy atom. The van der Waals surface area contributed by atoms with Crippen molar-refractivity contribution in [1.82, 2.24) is 20.0 Å². The average molecular weight is 527 g/mol. The van der Waals surface area contributed by atoms with Gasteiger partial charge in [-0.05, 0) is 50.1 Å². The van der Waals surface area contributed by atoms with E-state index in [4.69, 9.17) is 4.74 Å². The van der Waals surface area contributed by atoms with Gasteiger partial charge in [-0.1, -0.05) is 24.3 Å². The molecule has 2 aliphatic heterocycles. The van der Waals surface area contributed by atoms with E-state index in [2.05, 4.69) is 10.2 Å². The highest BCUT2D eigenvalue weighted by Crippen LogP contribution is 2.32. The summed E-state index contributed by atoms with van der Waals surface area (Å²) in [5.74, 6) is -1.99. The Kier molecular flexibility index (Phi) is 8.73. The number of nitrogens with zero attached hydrogens (tertiary/aromatic N) is 3. The Balaban J connectivity index is 1.63. The topological polar surface area (TPSA) is 82.2 Å². The van der Waals surface area contributed by atoms with E-state index in [1.165, 1.54) is 35.2 Å².